The lowest BCUT2D eigenvalue weighted by Crippen LogP contribution is -2.12. The van der Waals surface area contributed by atoms with Gasteiger partial charge in [-0.05, 0) is 18.6 Å². The standard InChI is InChI=1S/C12H10ClNO3/c1-6-9(13)4-3-7-8(11(15)12(16)17)5-14(2)10(6)7/h3-5H,1-2H3,(H,16,17). The molecule has 0 bridgehead atoms. The summed E-state index contributed by atoms with van der Waals surface area (Å²) in [6.45, 7) is 1.83. The number of benzene rings is 1. The highest BCUT2D eigenvalue weighted by Gasteiger charge is 2.21. The average Bonchev–Trinajstić information content (AvgIpc) is 2.60. The molecule has 5 heteroatoms. The molecule has 1 heterocycles. The van der Waals surface area contributed by atoms with Gasteiger partial charge in [-0.3, -0.25) is 4.79 Å². The summed E-state index contributed by atoms with van der Waals surface area (Å²) in [5.74, 6) is -2.36. The Morgan fingerprint density at radius 1 is 1.35 bits per heavy atom. The van der Waals surface area contributed by atoms with Gasteiger partial charge in [0.1, 0.15) is 0 Å². The Morgan fingerprint density at radius 2 is 2.00 bits per heavy atom. The van der Waals surface area contributed by atoms with Crippen molar-refractivity contribution in [2.24, 2.45) is 7.05 Å². The molecule has 1 aromatic heterocycles. The Balaban J connectivity index is 2.82. The summed E-state index contributed by atoms with van der Waals surface area (Å²) in [6.07, 6.45) is 1.52. The highest BCUT2D eigenvalue weighted by atomic mass is 35.5. The van der Waals surface area contributed by atoms with E-state index in [0.29, 0.717) is 10.4 Å². The maximum Gasteiger partial charge on any atom is 0.377 e. The number of aliphatic carboxylic acids is 1. The first kappa shape index (κ1) is 11.7. The number of ketones is 1. The van der Waals surface area contributed by atoms with E-state index in [0.717, 1.165) is 11.1 Å². The monoisotopic (exact) mass is 251 g/mol. The topological polar surface area (TPSA) is 59.3 Å². The van der Waals surface area contributed by atoms with Crippen LogP contribution in [0.3, 0.4) is 0 Å². The van der Waals surface area contributed by atoms with Gasteiger partial charge in [0.25, 0.3) is 5.78 Å². The minimum atomic E-state index is -1.45. The van der Waals surface area contributed by atoms with Gasteiger partial charge in [-0.2, -0.15) is 0 Å². The van der Waals surface area contributed by atoms with Gasteiger partial charge in [0.05, 0.1) is 11.1 Å². The molecule has 2 aromatic rings. The maximum absolute atomic E-state index is 11.5. The van der Waals surface area contributed by atoms with Crippen LogP contribution in [-0.4, -0.2) is 21.4 Å². The molecule has 0 fully saturated rings. The summed E-state index contributed by atoms with van der Waals surface area (Å²) in [6, 6.07) is 3.33. The van der Waals surface area contributed by atoms with Crippen LogP contribution >= 0.6 is 11.6 Å². The van der Waals surface area contributed by atoms with E-state index in [9.17, 15) is 9.59 Å². The molecule has 2 rings (SSSR count). The number of nitrogens with zero attached hydrogens (tertiary/aromatic N) is 1. The number of fused-ring (bicyclic) bond motifs is 1. The summed E-state index contributed by atoms with van der Waals surface area (Å²) >= 11 is 6.00. The molecule has 0 atom stereocenters. The van der Waals surface area contributed by atoms with Crippen molar-refractivity contribution in [2.75, 3.05) is 0 Å². The minimum Gasteiger partial charge on any atom is -0.475 e. The van der Waals surface area contributed by atoms with Gasteiger partial charge in [0, 0.05) is 23.7 Å². The Kier molecular flexibility index (Phi) is 2.67. The highest BCUT2D eigenvalue weighted by molar-refractivity contribution is 6.42. The molecule has 0 spiro atoms. The van der Waals surface area contributed by atoms with Crippen molar-refractivity contribution >= 4 is 34.3 Å². The van der Waals surface area contributed by atoms with Crippen LogP contribution in [0.25, 0.3) is 10.9 Å². The van der Waals surface area contributed by atoms with Gasteiger partial charge in [0.15, 0.2) is 0 Å². The smallest absolute Gasteiger partial charge is 0.377 e. The Hall–Kier alpha value is -1.81. The fraction of sp³-hybridized carbons (Fsp3) is 0.167. The number of Topliss-reactive ketones (excluding diaryl/α,β-unsaturated/α-hetero) is 1. The number of aryl methyl sites for hydroxylation is 2. The van der Waals surface area contributed by atoms with E-state index >= 15 is 0 Å². The van der Waals surface area contributed by atoms with Gasteiger partial charge in [-0.15, -0.1) is 0 Å². The largest absolute Gasteiger partial charge is 0.475 e. The number of carboxylic acid groups (broad SMARTS) is 1. The quantitative estimate of drug-likeness (QED) is 0.659. The van der Waals surface area contributed by atoms with Crippen LogP contribution < -0.4 is 0 Å². The summed E-state index contributed by atoms with van der Waals surface area (Å²) in [5.41, 5.74) is 1.80. The molecular weight excluding hydrogens is 242 g/mol. The lowest BCUT2D eigenvalue weighted by molar-refractivity contribution is -0.131. The second-order valence-electron chi connectivity index (χ2n) is 3.86. The van der Waals surface area contributed by atoms with Crippen molar-refractivity contribution in [3.05, 3.63) is 34.5 Å². The van der Waals surface area contributed by atoms with Crippen LogP contribution in [0.1, 0.15) is 15.9 Å². The molecular formula is C12H10ClNO3. The molecule has 88 valence electrons. The third-order valence-electron chi connectivity index (χ3n) is 2.77. The Morgan fingerprint density at radius 3 is 2.59 bits per heavy atom. The number of carbonyl (C=O) groups is 2. The van der Waals surface area contributed by atoms with Crippen LogP contribution in [0.15, 0.2) is 18.3 Å². The van der Waals surface area contributed by atoms with Gasteiger partial charge in [-0.25, -0.2) is 4.79 Å². The molecule has 1 N–H and O–H groups in total. The fourth-order valence-corrected chi connectivity index (χ4v) is 2.12. The summed E-state index contributed by atoms with van der Waals surface area (Å²) in [4.78, 5) is 22.2. The van der Waals surface area contributed by atoms with E-state index in [1.165, 1.54) is 6.20 Å². The molecule has 1 aromatic carbocycles. The van der Waals surface area contributed by atoms with Crippen molar-refractivity contribution in [3.8, 4) is 0 Å². The summed E-state index contributed by atoms with van der Waals surface area (Å²) in [7, 11) is 1.75. The fourth-order valence-electron chi connectivity index (χ4n) is 1.97. The van der Waals surface area contributed by atoms with Gasteiger partial charge >= 0.3 is 5.97 Å². The number of hydrogen-bond donors (Lipinski definition) is 1. The SMILES string of the molecule is Cc1c(Cl)ccc2c(C(=O)C(=O)O)cn(C)c12. The highest BCUT2D eigenvalue weighted by Crippen LogP contribution is 2.28. The van der Waals surface area contributed by atoms with Gasteiger partial charge < -0.3 is 9.67 Å². The summed E-state index contributed by atoms with van der Waals surface area (Å²) in [5, 5.41) is 9.95. The molecule has 4 nitrogen and oxygen atoms in total. The predicted octanol–water partition coefficient (Wildman–Crippen LogP) is 2.41. The molecule has 0 saturated heterocycles. The van der Waals surface area contributed by atoms with Crippen molar-refractivity contribution in [3.63, 3.8) is 0 Å². The van der Waals surface area contributed by atoms with E-state index in [-0.39, 0.29) is 5.56 Å². The number of rotatable bonds is 2. The second kappa shape index (κ2) is 3.89. The van der Waals surface area contributed by atoms with Crippen LogP contribution in [-0.2, 0) is 11.8 Å². The number of carbonyl (C=O) groups excluding carboxylic acids is 1. The van der Waals surface area contributed by atoms with E-state index < -0.39 is 11.8 Å². The third-order valence-corrected chi connectivity index (χ3v) is 3.18. The Labute approximate surface area is 102 Å². The van der Waals surface area contributed by atoms with Crippen molar-refractivity contribution in [2.45, 2.75) is 6.92 Å². The molecule has 0 unspecified atom stereocenters. The molecule has 0 aliphatic heterocycles. The molecule has 0 radical (unpaired) electrons. The molecule has 0 amide bonds. The normalized spacial score (nSPS) is 10.8. The summed E-state index contributed by atoms with van der Waals surface area (Å²) < 4.78 is 1.72. The van der Waals surface area contributed by atoms with Gasteiger partial charge in [0.2, 0.25) is 0 Å². The molecule has 17 heavy (non-hydrogen) atoms. The van der Waals surface area contributed by atoms with Crippen LogP contribution in [0.2, 0.25) is 5.02 Å². The number of halogens is 1. The first-order valence-electron chi connectivity index (χ1n) is 4.95. The second-order valence-corrected chi connectivity index (χ2v) is 4.26. The third kappa shape index (κ3) is 1.70. The number of carboxylic acids is 1. The molecule has 0 aliphatic carbocycles. The van der Waals surface area contributed by atoms with E-state index in [1.807, 2.05) is 6.92 Å². The lowest BCUT2D eigenvalue weighted by atomic mass is 10.1. The van der Waals surface area contributed by atoms with E-state index in [1.54, 1.807) is 23.7 Å². The molecule has 0 saturated carbocycles. The van der Waals surface area contributed by atoms with Crippen LogP contribution in [0, 0.1) is 6.92 Å². The van der Waals surface area contributed by atoms with Gasteiger partial charge in [-0.1, -0.05) is 17.7 Å². The van der Waals surface area contributed by atoms with E-state index in [2.05, 4.69) is 0 Å². The van der Waals surface area contributed by atoms with E-state index in [4.69, 9.17) is 16.7 Å². The van der Waals surface area contributed by atoms with Crippen molar-refractivity contribution in [1.29, 1.82) is 0 Å². The minimum absolute atomic E-state index is 0.190. The van der Waals surface area contributed by atoms with Crippen molar-refractivity contribution in [1.82, 2.24) is 4.57 Å². The first-order chi connectivity index (χ1) is 7.93. The van der Waals surface area contributed by atoms with Crippen molar-refractivity contribution < 1.29 is 14.7 Å². The first-order valence-corrected chi connectivity index (χ1v) is 5.33. The van der Waals surface area contributed by atoms with Crippen LogP contribution in [0.5, 0.6) is 0 Å². The predicted molar refractivity (Wildman–Crippen MR) is 64.6 cm³/mol. The molecule has 0 aliphatic rings. The number of hydrogen-bond acceptors (Lipinski definition) is 2. The zero-order valence-electron chi connectivity index (χ0n) is 9.32. The lowest BCUT2D eigenvalue weighted by Gasteiger charge is -2.02. The maximum atomic E-state index is 11.5. The zero-order valence-corrected chi connectivity index (χ0v) is 10.1. The Bertz CT molecular complexity index is 643. The average molecular weight is 252 g/mol. The number of aromatic nitrogens is 1. The van der Waals surface area contributed by atoms with Crippen LogP contribution in [0.4, 0.5) is 0 Å². The zero-order chi connectivity index (χ0) is 12.7.